The van der Waals surface area contributed by atoms with Crippen molar-refractivity contribution in [3.8, 4) is 11.3 Å². The molecule has 0 saturated carbocycles. The van der Waals surface area contributed by atoms with Crippen molar-refractivity contribution in [3.63, 3.8) is 0 Å². The van der Waals surface area contributed by atoms with Gasteiger partial charge in [-0.15, -0.1) is 11.3 Å². The predicted octanol–water partition coefficient (Wildman–Crippen LogP) is 5.46. The fraction of sp³-hybridized carbons (Fsp3) is 0.516. The second kappa shape index (κ2) is 13.5. The maximum atomic E-state index is 14.7. The van der Waals surface area contributed by atoms with Crippen LogP contribution in [0.1, 0.15) is 64.6 Å². The monoisotopic (exact) mass is 648 g/mol. The Morgan fingerprint density at radius 1 is 1.09 bits per heavy atom. The number of rotatable bonds is 10. The number of halogens is 4. The lowest BCUT2D eigenvalue weighted by Gasteiger charge is -2.40. The first kappa shape index (κ1) is 32.9. The van der Waals surface area contributed by atoms with Gasteiger partial charge < -0.3 is 10.0 Å². The number of anilines is 1. The van der Waals surface area contributed by atoms with Crippen molar-refractivity contribution in [1.29, 1.82) is 0 Å². The fourth-order valence-corrected chi connectivity index (χ4v) is 7.12. The van der Waals surface area contributed by atoms with E-state index in [4.69, 9.17) is 5.11 Å². The minimum Gasteiger partial charge on any atom is -0.481 e. The Labute approximate surface area is 262 Å². The molecule has 2 aliphatic heterocycles. The van der Waals surface area contributed by atoms with E-state index < -0.39 is 29.1 Å². The lowest BCUT2D eigenvalue weighted by molar-refractivity contribution is -0.138. The Bertz CT molecular complexity index is 1550. The van der Waals surface area contributed by atoms with Crippen molar-refractivity contribution in [3.05, 3.63) is 57.0 Å². The molecule has 1 N–H and O–H groups in total. The Balaban J connectivity index is 1.34. The van der Waals surface area contributed by atoms with Crippen LogP contribution in [-0.2, 0) is 23.9 Å². The van der Waals surface area contributed by atoms with E-state index in [-0.39, 0.29) is 47.7 Å². The fourth-order valence-electron chi connectivity index (χ4n) is 6.00. The summed E-state index contributed by atoms with van der Waals surface area (Å²) in [5.74, 6) is -1.52. The second-order valence-corrected chi connectivity index (χ2v) is 13.0. The van der Waals surface area contributed by atoms with Gasteiger partial charge in [0.1, 0.15) is 22.3 Å². The predicted molar refractivity (Wildman–Crippen MR) is 162 cm³/mol. The number of carbonyl (C=O) groups excluding carboxylic acids is 1. The van der Waals surface area contributed by atoms with Crippen molar-refractivity contribution in [2.24, 2.45) is 0 Å². The highest BCUT2D eigenvalue weighted by atomic mass is 32.1. The Kier molecular flexibility index (Phi) is 9.85. The van der Waals surface area contributed by atoms with Gasteiger partial charge in [-0.1, -0.05) is 0 Å². The minimum atomic E-state index is -4.73. The van der Waals surface area contributed by atoms with E-state index >= 15 is 0 Å². The van der Waals surface area contributed by atoms with Crippen LogP contribution in [0.4, 0.5) is 23.4 Å². The second-order valence-electron chi connectivity index (χ2n) is 11.8. The number of ketones is 1. The summed E-state index contributed by atoms with van der Waals surface area (Å²) in [6.45, 7) is 8.96. The van der Waals surface area contributed by atoms with Gasteiger partial charge in [0.25, 0.3) is 0 Å². The highest BCUT2D eigenvalue weighted by Crippen LogP contribution is 2.38. The number of aliphatic carboxylic acids is 1. The number of aromatic nitrogens is 3. The number of carboxylic acids is 1. The molecule has 242 valence electrons. The third-order valence-electron chi connectivity index (χ3n) is 8.59. The number of benzene rings is 1. The van der Waals surface area contributed by atoms with E-state index in [1.54, 1.807) is 0 Å². The molecule has 2 fully saturated rings. The zero-order valence-corrected chi connectivity index (χ0v) is 26.2. The van der Waals surface area contributed by atoms with E-state index in [1.165, 1.54) is 23.7 Å². The van der Waals surface area contributed by atoms with Gasteiger partial charge in [-0.05, 0) is 57.9 Å². The van der Waals surface area contributed by atoms with E-state index in [0.29, 0.717) is 48.4 Å². The first-order chi connectivity index (χ1) is 21.3. The number of nitrogens with zero attached hydrogens (tertiary/aromatic N) is 6. The van der Waals surface area contributed by atoms with Crippen LogP contribution in [0, 0.1) is 12.7 Å². The Hall–Kier alpha value is -3.49. The van der Waals surface area contributed by atoms with Gasteiger partial charge in [0, 0.05) is 55.2 Å². The van der Waals surface area contributed by atoms with Gasteiger partial charge in [-0.2, -0.15) is 13.2 Å². The number of carbonyl (C=O) groups is 2. The molecule has 0 amide bonds. The quantitative estimate of drug-likeness (QED) is 0.227. The molecular weight excluding hydrogens is 612 g/mol. The smallest absolute Gasteiger partial charge is 0.416 e. The summed E-state index contributed by atoms with van der Waals surface area (Å²) in [6.07, 6.45) is 0.192. The number of Topliss-reactive ketones (excluding diaryl/α,β-unsaturated/α-hetero) is 1. The van der Waals surface area contributed by atoms with Crippen LogP contribution >= 0.6 is 11.3 Å². The summed E-state index contributed by atoms with van der Waals surface area (Å²) >= 11 is 1.25. The third-order valence-corrected chi connectivity index (χ3v) is 9.63. The summed E-state index contributed by atoms with van der Waals surface area (Å²) in [6, 6.07) is 2.38. The molecular formula is C31H36F4N6O3S. The van der Waals surface area contributed by atoms with E-state index in [0.717, 1.165) is 38.4 Å². The van der Waals surface area contributed by atoms with E-state index in [9.17, 15) is 27.2 Å². The maximum absolute atomic E-state index is 14.7. The number of likely N-dealkylation sites (tertiary alicyclic amines) is 1. The third kappa shape index (κ3) is 7.67. The lowest BCUT2D eigenvalue weighted by atomic mass is 10.0. The summed E-state index contributed by atoms with van der Waals surface area (Å²) in [7, 11) is 0. The van der Waals surface area contributed by atoms with Crippen molar-refractivity contribution < 1.29 is 32.3 Å². The first-order valence-corrected chi connectivity index (χ1v) is 15.8. The zero-order chi connectivity index (χ0) is 32.5. The highest BCUT2D eigenvalue weighted by molar-refractivity contribution is 7.12. The van der Waals surface area contributed by atoms with Gasteiger partial charge in [0.15, 0.2) is 5.78 Å². The Morgan fingerprint density at radius 2 is 1.87 bits per heavy atom. The number of carboxylic acid groups (broad SMARTS) is 1. The topological polar surface area (TPSA) is 103 Å². The molecule has 0 unspecified atom stereocenters. The molecule has 45 heavy (non-hydrogen) atoms. The summed E-state index contributed by atoms with van der Waals surface area (Å²) in [4.78, 5) is 44.6. The van der Waals surface area contributed by atoms with E-state index in [1.807, 2.05) is 6.92 Å². The highest BCUT2D eigenvalue weighted by Gasteiger charge is 2.35. The summed E-state index contributed by atoms with van der Waals surface area (Å²) < 4.78 is 55.9. The van der Waals surface area contributed by atoms with Crippen molar-refractivity contribution in [2.45, 2.75) is 71.3 Å². The van der Waals surface area contributed by atoms with Crippen LogP contribution in [0.5, 0.6) is 0 Å². The van der Waals surface area contributed by atoms with Crippen LogP contribution < -0.4 is 4.90 Å². The molecule has 0 aliphatic carbocycles. The Morgan fingerprint density at radius 3 is 2.49 bits per heavy atom. The lowest BCUT2D eigenvalue weighted by Crippen LogP contribution is -2.52. The van der Waals surface area contributed by atoms with Gasteiger partial charge in [-0.3, -0.25) is 19.4 Å². The molecule has 0 radical (unpaired) electrons. The van der Waals surface area contributed by atoms with Crippen molar-refractivity contribution >= 4 is 28.9 Å². The van der Waals surface area contributed by atoms with Gasteiger partial charge in [0.2, 0.25) is 0 Å². The standard InChI is InChI=1S/C31H36F4N6O3S/c1-18-5-4-7-40(18)17-26-30(21-11-22(31(33,34)35)20(3)23(32)12-21)38-28(45-26)13-25(42)24-14-37-27(15-36-24)41-10-9-39(16-19(41)2)8-6-29(43)44/h11-12,14-15,18-19H,4-10,13,16-17H2,1-3H3,(H,43,44)/t18-,19-/m1/s1. The molecule has 0 bridgehead atoms. The zero-order valence-electron chi connectivity index (χ0n) is 25.4. The van der Waals surface area contributed by atoms with Crippen LogP contribution in [0.15, 0.2) is 24.5 Å². The SMILES string of the molecule is Cc1c(F)cc(-c2nc(CC(=O)c3cnc(N4CCN(CCC(=O)O)C[C@H]4C)cn3)sc2CN2CCC[C@H]2C)cc1C(F)(F)F. The normalized spacial score (nSPS) is 19.8. The van der Waals surface area contributed by atoms with Gasteiger partial charge >= 0.3 is 12.1 Å². The molecule has 2 atom stereocenters. The summed E-state index contributed by atoms with van der Waals surface area (Å²) in [5, 5.41) is 9.36. The molecule has 2 aromatic heterocycles. The average Bonchev–Trinajstić information content (AvgIpc) is 3.58. The van der Waals surface area contributed by atoms with Crippen LogP contribution in [-0.4, -0.2) is 86.4 Å². The van der Waals surface area contributed by atoms with E-state index in [2.05, 4.69) is 36.6 Å². The number of alkyl halides is 3. The molecule has 1 aromatic carbocycles. The number of thiazole rings is 1. The van der Waals surface area contributed by atoms with Crippen molar-refractivity contribution in [2.75, 3.05) is 37.6 Å². The molecule has 14 heteroatoms. The molecule has 4 heterocycles. The number of hydrogen-bond donors (Lipinski definition) is 1. The molecule has 5 rings (SSSR count). The number of piperazine rings is 1. The average molecular weight is 649 g/mol. The van der Waals surface area contributed by atoms with Crippen LogP contribution in [0.25, 0.3) is 11.3 Å². The minimum absolute atomic E-state index is 0.0311. The van der Waals surface area contributed by atoms with Crippen molar-refractivity contribution in [1.82, 2.24) is 24.8 Å². The first-order valence-electron chi connectivity index (χ1n) is 15.0. The molecule has 2 saturated heterocycles. The molecule has 9 nitrogen and oxygen atoms in total. The molecule has 2 aliphatic rings. The molecule has 0 spiro atoms. The number of hydrogen-bond acceptors (Lipinski definition) is 9. The largest absolute Gasteiger partial charge is 0.481 e. The van der Waals surface area contributed by atoms with Crippen LogP contribution in [0.3, 0.4) is 0 Å². The van der Waals surface area contributed by atoms with Gasteiger partial charge in [-0.25, -0.2) is 19.3 Å². The summed E-state index contributed by atoms with van der Waals surface area (Å²) in [5.41, 5.74) is -1.09. The maximum Gasteiger partial charge on any atom is 0.416 e. The van der Waals surface area contributed by atoms with Gasteiger partial charge in [0.05, 0.1) is 36.5 Å². The van der Waals surface area contributed by atoms with Crippen LogP contribution in [0.2, 0.25) is 0 Å². The molecule has 3 aromatic rings.